The molecule has 0 spiro atoms. The van der Waals surface area contributed by atoms with Crippen molar-refractivity contribution in [3.05, 3.63) is 84.3 Å². The van der Waals surface area contributed by atoms with Gasteiger partial charge in [0.1, 0.15) is 11.3 Å². The highest BCUT2D eigenvalue weighted by atomic mass is 32.1. The van der Waals surface area contributed by atoms with Gasteiger partial charge in [0.15, 0.2) is 5.65 Å². The third-order valence-corrected chi connectivity index (χ3v) is 7.33. The lowest BCUT2D eigenvalue weighted by Crippen LogP contribution is -2.33. The van der Waals surface area contributed by atoms with Crippen LogP contribution in [0.15, 0.2) is 77.5 Å². The Hall–Kier alpha value is -3.22. The molecule has 5 nitrogen and oxygen atoms in total. The number of benzene rings is 2. The Morgan fingerprint density at radius 3 is 2.76 bits per heavy atom. The van der Waals surface area contributed by atoms with Crippen LogP contribution < -0.4 is 4.74 Å². The van der Waals surface area contributed by atoms with E-state index in [0.717, 1.165) is 47.0 Å². The highest BCUT2D eigenvalue weighted by Crippen LogP contribution is 2.33. The number of rotatable bonds is 6. The molecule has 0 unspecified atom stereocenters. The van der Waals surface area contributed by atoms with Crippen LogP contribution in [-0.4, -0.2) is 28.0 Å². The molecule has 1 aliphatic rings. The van der Waals surface area contributed by atoms with Crippen LogP contribution in [0.5, 0.6) is 10.9 Å². The van der Waals surface area contributed by atoms with Crippen molar-refractivity contribution < 1.29 is 9.15 Å². The molecule has 33 heavy (non-hydrogen) atoms. The summed E-state index contributed by atoms with van der Waals surface area (Å²) in [5.41, 5.74) is 4.26. The molecule has 0 bridgehead atoms. The van der Waals surface area contributed by atoms with Gasteiger partial charge < -0.3 is 9.15 Å². The number of thiazole rings is 1. The summed E-state index contributed by atoms with van der Waals surface area (Å²) in [4.78, 5) is 11.3. The first-order chi connectivity index (χ1) is 16.3. The average molecular weight is 456 g/mol. The minimum Gasteiger partial charge on any atom is -0.464 e. The number of aromatic nitrogens is 2. The van der Waals surface area contributed by atoms with E-state index in [0.29, 0.717) is 10.8 Å². The molecule has 0 atom stereocenters. The van der Waals surface area contributed by atoms with Gasteiger partial charge in [0.25, 0.3) is 5.19 Å². The number of piperidine rings is 1. The van der Waals surface area contributed by atoms with E-state index in [1.165, 1.54) is 41.7 Å². The summed E-state index contributed by atoms with van der Waals surface area (Å²) in [6.07, 6.45) is 7.33. The topological polar surface area (TPSA) is 51.4 Å². The summed E-state index contributed by atoms with van der Waals surface area (Å²) in [6, 6.07) is 20.8. The molecular weight excluding hydrogens is 430 g/mol. The highest BCUT2D eigenvalue weighted by Gasteiger charge is 2.21. The second-order valence-electron chi connectivity index (χ2n) is 8.74. The van der Waals surface area contributed by atoms with Gasteiger partial charge in [-0.05, 0) is 68.1 Å². The fourth-order valence-electron chi connectivity index (χ4n) is 4.68. The fraction of sp³-hybridized carbons (Fsp3) is 0.259. The molecule has 1 aliphatic heterocycles. The summed E-state index contributed by atoms with van der Waals surface area (Å²) >= 11 is 1.49. The molecule has 6 heteroatoms. The largest absolute Gasteiger partial charge is 0.464 e. The molecule has 4 heterocycles. The number of likely N-dealkylation sites (tertiary alicyclic amines) is 1. The van der Waals surface area contributed by atoms with Crippen molar-refractivity contribution in [3.8, 4) is 10.9 Å². The summed E-state index contributed by atoms with van der Waals surface area (Å²) in [5, 5.41) is 1.74. The van der Waals surface area contributed by atoms with Gasteiger partial charge in [-0.25, -0.2) is 4.98 Å². The van der Waals surface area contributed by atoms with E-state index >= 15 is 0 Å². The van der Waals surface area contributed by atoms with Crippen LogP contribution in [0.3, 0.4) is 0 Å². The van der Waals surface area contributed by atoms with Crippen molar-refractivity contribution in [2.24, 2.45) is 5.92 Å². The first-order valence-corrected chi connectivity index (χ1v) is 12.3. The predicted molar refractivity (Wildman–Crippen MR) is 132 cm³/mol. The van der Waals surface area contributed by atoms with Crippen LogP contribution in [0.2, 0.25) is 0 Å². The number of ether oxygens (including phenoxy) is 1. The van der Waals surface area contributed by atoms with Gasteiger partial charge in [-0.2, -0.15) is 4.98 Å². The van der Waals surface area contributed by atoms with Crippen LogP contribution in [0.4, 0.5) is 0 Å². The summed E-state index contributed by atoms with van der Waals surface area (Å²) < 4.78 is 12.9. The van der Waals surface area contributed by atoms with Gasteiger partial charge in [-0.3, -0.25) is 4.90 Å². The third kappa shape index (κ3) is 4.49. The standard InChI is InChI=1S/C27H25N3O2S/c1-2-5-19(6-3-1)15-20-10-13-30(14-11-20)17-21-18-31-24-16-22(8-9-23(21)24)32-27-29-26-25(33-27)7-4-12-28-26/h1-9,12,16,18,20H,10-11,13-15,17H2. The number of hydrogen-bond donors (Lipinski definition) is 0. The Balaban J connectivity index is 1.09. The molecule has 166 valence electrons. The van der Waals surface area contributed by atoms with Crippen molar-refractivity contribution in [1.82, 2.24) is 14.9 Å². The fourth-order valence-corrected chi connectivity index (χ4v) is 5.47. The van der Waals surface area contributed by atoms with E-state index in [9.17, 15) is 0 Å². The average Bonchev–Trinajstić information content (AvgIpc) is 3.44. The molecule has 0 aliphatic carbocycles. The highest BCUT2D eigenvalue weighted by molar-refractivity contribution is 7.20. The Bertz CT molecular complexity index is 1340. The minimum atomic E-state index is 0.591. The van der Waals surface area contributed by atoms with Gasteiger partial charge >= 0.3 is 0 Å². The number of hydrogen-bond acceptors (Lipinski definition) is 6. The predicted octanol–water partition coefficient (Wildman–Crippen LogP) is 6.68. The minimum absolute atomic E-state index is 0.591. The number of pyridine rings is 1. The zero-order chi connectivity index (χ0) is 22.0. The quantitative estimate of drug-likeness (QED) is 0.286. The zero-order valence-corrected chi connectivity index (χ0v) is 19.1. The Kier molecular flexibility index (Phi) is 5.54. The molecule has 3 aromatic heterocycles. The zero-order valence-electron chi connectivity index (χ0n) is 18.3. The van der Waals surface area contributed by atoms with Gasteiger partial charge in [-0.1, -0.05) is 41.7 Å². The number of fused-ring (bicyclic) bond motifs is 2. The van der Waals surface area contributed by atoms with E-state index in [1.54, 1.807) is 6.20 Å². The third-order valence-electron chi connectivity index (χ3n) is 6.45. The maximum atomic E-state index is 5.99. The second kappa shape index (κ2) is 8.96. The van der Waals surface area contributed by atoms with E-state index < -0.39 is 0 Å². The Labute approximate surface area is 196 Å². The molecule has 1 fully saturated rings. The monoisotopic (exact) mass is 455 g/mol. The summed E-state index contributed by atoms with van der Waals surface area (Å²) in [7, 11) is 0. The van der Waals surface area contributed by atoms with Crippen molar-refractivity contribution in [1.29, 1.82) is 0 Å². The van der Waals surface area contributed by atoms with Crippen molar-refractivity contribution in [2.75, 3.05) is 13.1 Å². The summed E-state index contributed by atoms with van der Waals surface area (Å²) in [5.74, 6) is 1.51. The molecule has 1 saturated heterocycles. The molecule has 6 rings (SSSR count). The SMILES string of the molecule is c1ccc(CC2CCN(Cc3coc4cc(Oc5nc6ncccc6s5)ccc34)CC2)cc1. The van der Waals surface area contributed by atoms with Crippen molar-refractivity contribution in [3.63, 3.8) is 0 Å². The second-order valence-corrected chi connectivity index (χ2v) is 9.73. The Morgan fingerprint density at radius 1 is 1.03 bits per heavy atom. The maximum absolute atomic E-state index is 5.99. The number of furan rings is 1. The van der Waals surface area contributed by atoms with Gasteiger partial charge in [0.2, 0.25) is 0 Å². The van der Waals surface area contributed by atoms with E-state index in [-0.39, 0.29) is 0 Å². The van der Waals surface area contributed by atoms with Crippen molar-refractivity contribution >= 4 is 32.7 Å². The van der Waals surface area contributed by atoms with E-state index in [1.807, 2.05) is 30.5 Å². The van der Waals surface area contributed by atoms with Crippen LogP contribution >= 0.6 is 11.3 Å². The lowest BCUT2D eigenvalue weighted by atomic mass is 9.90. The molecule has 0 N–H and O–H groups in total. The summed E-state index contributed by atoms with van der Waals surface area (Å²) in [6.45, 7) is 3.20. The van der Waals surface area contributed by atoms with E-state index in [2.05, 4.69) is 51.3 Å². The maximum Gasteiger partial charge on any atom is 0.281 e. The first-order valence-electron chi connectivity index (χ1n) is 11.5. The lowest BCUT2D eigenvalue weighted by molar-refractivity contribution is 0.177. The molecule has 0 saturated carbocycles. The van der Waals surface area contributed by atoms with Gasteiger partial charge in [0.05, 0.1) is 11.0 Å². The molecular formula is C27H25N3O2S. The molecule has 2 aromatic carbocycles. The molecule has 0 amide bonds. The van der Waals surface area contributed by atoms with Crippen LogP contribution in [0, 0.1) is 5.92 Å². The van der Waals surface area contributed by atoms with Gasteiger partial charge in [-0.15, -0.1) is 0 Å². The lowest BCUT2D eigenvalue weighted by Gasteiger charge is -2.31. The smallest absolute Gasteiger partial charge is 0.281 e. The van der Waals surface area contributed by atoms with Crippen LogP contribution in [0.25, 0.3) is 21.3 Å². The van der Waals surface area contributed by atoms with E-state index in [4.69, 9.17) is 9.15 Å². The van der Waals surface area contributed by atoms with Crippen LogP contribution in [0.1, 0.15) is 24.0 Å². The molecule has 0 radical (unpaired) electrons. The van der Waals surface area contributed by atoms with Crippen LogP contribution in [-0.2, 0) is 13.0 Å². The number of nitrogens with zero attached hydrogens (tertiary/aromatic N) is 3. The van der Waals surface area contributed by atoms with Crippen molar-refractivity contribution in [2.45, 2.75) is 25.8 Å². The molecule has 5 aromatic rings. The Morgan fingerprint density at radius 2 is 1.91 bits per heavy atom. The normalized spacial score (nSPS) is 15.4. The van der Waals surface area contributed by atoms with Gasteiger partial charge in [0, 0.05) is 29.8 Å². The first kappa shape index (κ1) is 20.4.